The Labute approximate surface area is 168 Å². The second-order valence-corrected chi connectivity index (χ2v) is 7.58. The summed E-state index contributed by atoms with van der Waals surface area (Å²) in [4.78, 5) is 29.4. The van der Waals surface area contributed by atoms with E-state index in [2.05, 4.69) is 12.2 Å². The van der Waals surface area contributed by atoms with E-state index in [9.17, 15) is 9.59 Å². The summed E-state index contributed by atoms with van der Waals surface area (Å²) < 4.78 is 0. The van der Waals surface area contributed by atoms with E-state index < -0.39 is 0 Å². The molecule has 1 aromatic rings. The maximum Gasteiger partial charge on any atom is 0.228 e. The fourth-order valence-corrected chi connectivity index (χ4v) is 4.34. The molecule has 27 heavy (non-hydrogen) atoms. The highest BCUT2D eigenvalue weighted by Gasteiger charge is 2.41. The zero-order valence-corrected chi connectivity index (χ0v) is 17.2. The second-order valence-electron chi connectivity index (χ2n) is 7.58. The maximum atomic E-state index is 13.3. The van der Waals surface area contributed by atoms with Gasteiger partial charge in [0.25, 0.3) is 0 Å². The van der Waals surface area contributed by atoms with E-state index in [4.69, 9.17) is 0 Å². The van der Waals surface area contributed by atoms with Gasteiger partial charge in [0.1, 0.15) is 0 Å². The molecule has 2 fully saturated rings. The van der Waals surface area contributed by atoms with Gasteiger partial charge in [-0.3, -0.25) is 9.59 Å². The van der Waals surface area contributed by atoms with Crippen LogP contribution in [0.3, 0.4) is 0 Å². The Hall–Kier alpha value is -1.59. The van der Waals surface area contributed by atoms with Crippen molar-refractivity contribution >= 4 is 24.2 Å². The highest BCUT2D eigenvalue weighted by atomic mass is 35.5. The largest absolute Gasteiger partial charge is 0.342 e. The fourth-order valence-electron chi connectivity index (χ4n) is 4.34. The monoisotopic (exact) mass is 393 g/mol. The molecule has 2 saturated heterocycles. The van der Waals surface area contributed by atoms with Crippen molar-refractivity contribution in [3.8, 4) is 0 Å². The molecule has 2 atom stereocenters. The van der Waals surface area contributed by atoms with Crippen LogP contribution in [0.2, 0.25) is 0 Å². The summed E-state index contributed by atoms with van der Waals surface area (Å²) in [6.45, 7) is 5.85. The molecule has 6 heteroatoms. The Morgan fingerprint density at radius 1 is 1.15 bits per heavy atom. The van der Waals surface area contributed by atoms with Crippen molar-refractivity contribution in [2.45, 2.75) is 38.6 Å². The molecule has 2 aliphatic rings. The van der Waals surface area contributed by atoms with Crippen LogP contribution < -0.4 is 5.32 Å². The normalized spacial score (nSPS) is 23.9. The zero-order chi connectivity index (χ0) is 18.5. The van der Waals surface area contributed by atoms with Gasteiger partial charge in [0.15, 0.2) is 0 Å². The molecule has 2 unspecified atom stereocenters. The lowest BCUT2D eigenvalue weighted by atomic mass is 9.83. The molecule has 0 aromatic heterocycles. The average molecular weight is 394 g/mol. The minimum absolute atomic E-state index is 0. The van der Waals surface area contributed by atoms with Gasteiger partial charge in [-0.15, -0.1) is 12.4 Å². The first-order valence-corrected chi connectivity index (χ1v) is 9.92. The summed E-state index contributed by atoms with van der Waals surface area (Å²) in [5.41, 5.74) is 1.06. The van der Waals surface area contributed by atoms with Crippen molar-refractivity contribution in [3.63, 3.8) is 0 Å². The van der Waals surface area contributed by atoms with Crippen molar-refractivity contribution in [2.24, 2.45) is 11.8 Å². The van der Waals surface area contributed by atoms with E-state index in [-0.39, 0.29) is 36.2 Å². The third-order valence-corrected chi connectivity index (χ3v) is 5.93. The van der Waals surface area contributed by atoms with Crippen molar-refractivity contribution in [2.75, 3.05) is 33.2 Å². The molecule has 0 spiro atoms. The van der Waals surface area contributed by atoms with Gasteiger partial charge in [-0.25, -0.2) is 0 Å². The zero-order valence-electron chi connectivity index (χ0n) is 16.4. The molecule has 150 valence electrons. The highest BCUT2D eigenvalue weighted by Crippen LogP contribution is 2.37. The number of hydrogen-bond acceptors (Lipinski definition) is 3. The molecule has 0 radical (unpaired) electrons. The van der Waals surface area contributed by atoms with Crippen molar-refractivity contribution in [1.29, 1.82) is 0 Å². The van der Waals surface area contributed by atoms with E-state index in [1.807, 2.05) is 42.3 Å². The third-order valence-electron chi connectivity index (χ3n) is 5.93. The lowest BCUT2D eigenvalue weighted by molar-refractivity contribution is -0.147. The number of amides is 2. The maximum absolute atomic E-state index is 13.3. The minimum atomic E-state index is -0.149. The molecule has 3 rings (SSSR count). The Bertz CT molecular complexity index is 617. The van der Waals surface area contributed by atoms with Gasteiger partial charge < -0.3 is 15.1 Å². The Morgan fingerprint density at radius 2 is 1.81 bits per heavy atom. The molecule has 0 bridgehead atoms. The molecule has 2 amide bonds. The predicted octanol–water partition coefficient (Wildman–Crippen LogP) is 2.87. The third kappa shape index (κ3) is 5.02. The summed E-state index contributed by atoms with van der Waals surface area (Å²) in [7, 11) is 1.84. The Morgan fingerprint density at radius 3 is 2.44 bits per heavy atom. The molecule has 1 N–H and O–H groups in total. The van der Waals surface area contributed by atoms with Gasteiger partial charge in [0.2, 0.25) is 11.8 Å². The van der Waals surface area contributed by atoms with Crippen molar-refractivity contribution in [3.05, 3.63) is 35.9 Å². The SMILES string of the molecule is CCNCC1CCN(C(=O)C2CCC(=O)N(C)C2c2ccccc2)CC1.Cl. The lowest BCUT2D eigenvalue weighted by Gasteiger charge is -2.42. The number of halogens is 1. The van der Waals surface area contributed by atoms with Crippen LogP contribution in [0, 0.1) is 11.8 Å². The van der Waals surface area contributed by atoms with E-state index in [0.29, 0.717) is 18.8 Å². The van der Waals surface area contributed by atoms with Gasteiger partial charge in [-0.2, -0.15) is 0 Å². The summed E-state index contributed by atoms with van der Waals surface area (Å²) in [6, 6.07) is 9.85. The minimum Gasteiger partial charge on any atom is -0.342 e. The van der Waals surface area contributed by atoms with Crippen molar-refractivity contribution < 1.29 is 9.59 Å². The molecule has 1 aromatic carbocycles. The van der Waals surface area contributed by atoms with Gasteiger partial charge in [0, 0.05) is 26.6 Å². The molecule has 0 saturated carbocycles. The number of nitrogens with zero attached hydrogens (tertiary/aromatic N) is 2. The molecule has 5 nitrogen and oxygen atoms in total. The quantitative estimate of drug-likeness (QED) is 0.836. The first-order chi connectivity index (χ1) is 12.6. The lowest BCUT2D eigenvalue weighted by Crippen LogP contribution is -2.49. The molecule has 2 aliphatic heterocycles. The fraction of sp³-hybridized carbons (Fsp3) is 0.619. The van der Waals surface area contributed by atoms with Crippen LogP contribution in [0.4, 0.5) is 0 Å². The highest BCUT2D eigenvalue weighted by molar-refractivity contribution is 5.85. The van der Waals surface area contributed by atoms with E-state index in [1.165, 1.54) is 0 Å². The second kappa shape index (κ2) is 10.1. The van der Waals surface area contributed by atoms with Gasteiger partial charge >= 0.3 is 0 Å². The van der Waals surface area contributed by atoms with Crippen LogP contribution in [-0.4, -0.2) is 54.8 Å². The van der Waals surface area contributed by atoms with Gasteiger partial charge in [0.05, 0.1) is 12.0 Å². The van der Waals surface area contributed by atoms with E-state index in [1.54, 1.807) is 4.90 Å². The van der Waals surface area contributed by atoms with Gasteiger partial charge in [-0.05, 0) is 43.8 Å². The molecular weight excluding hydrogens is 362 g/mol. The number of rotatable bonds is 5. The number of piperidine rings is 2. The van der Waals surface area contributed by atoms with Crippen LogP contribution in [0.5, 0.6) is 0 Å². The number of benzene rings is 1. The number of hydrogen-bond donors (Lipinski definition) is 1. The molecule has 2 heterocycles. The molecule has 0 aliphatic carbocycles. The Kier molecular flexibility index (Phi) is 8.11. The first-order valence-electron chi connectivity index (χ1n) is 9.92. The standard InChI is InChI=1S/C21H31N3O2.ClH/c1-3-22-15-16-11-13-24(14-12-16)21(26)18-9-10-19(25)23(2)20(18)17-7-5-4-6-8-17;/h4-8,16,18,20,22H,3,9-15H2,1-2H3;1H. The van der Waals surface area contributed by atoms with Crippen LogP contribution in [-0.2, 0) is 9.59 Å². The molecular formula is C21H32ClN3O2. The average Bonchev–Trinajstić information content (AvgIpc) is 2.69. The van der Waals surface area contributed by atoms with Gasteiger partial charge in [-0.1, -0.05) is 37.3 Å². The summed E-state index contributed by atoms with van der Waals surface area (Å²) >= 11 is 0. The predicted molar refractivity (Wildman–Crippen MR) is 110 cm³/mol. The number of carbonyl (C=O) groups is 2. The van der Waals surface area contributed by atoms with Crippen molar-refractivity contribution in [1.82, 2.24) is 15.1 Å². The summed E-state index contributed by atoms with van der Waals surface area (Å²) in [5, 5.41) is 3.42. The topological polar surface area (TPSA) is 52.7 Å². The summed E-state index contributed by atoms with van der Waals surface area (Å²) in [5.74, 6) is 0.886. The number of likely N-dealkylation sites (tertiary alicyclic amines) is 2. The number of carbonyl (C=O) groups excluding carboxylic acids is 2. The van der Waals surface area contributed by atoms with E-state index in [0.717, 1.165) is 44.6 Å². The Balaban J connectivity index is 0.00000261. The van der Waals surface area contributed by atoms with E-state index >= 15 is 0 Å². The smallest absolute Gasteiger partial charge is 0.228 e. The number of nitrogens with one attached hydrogen (secondary N) is 1. The van der Waals surface area contributed by atoms with Crippen LogP contribution in [0.1, 0.15) is 44.2 Å². The van der Waals surface area contributed by atoms with Crippen LogP contribution in [0.25, 0.3) is 0 Å². The van der Waals surface area contributed by atoms with Crippen LogP contribution >= 0.6 is 12.4 Å². The summed E-state index contributed by atoms with van der Waals surface area (Å²) in [6.07, 6.45) is 3.25. The first kappa shape index (κ1) is 21.7. The van der Waals surface area contributed by atoms with Crippen LogP contribution in [0.15, 0.2) is 30.3 Å².